The first-order valence-corrected chi connectivity index (χ1v) is 10.8. The topological polar surface area (TPSA) is 128 Å². The summed E-state index contributed by atoms with van der Waals surface area (Å²) in [5.41, 5.74) is 2.47. The summed E-state index contributed by atoms with van der Waals surface area (Å²) in [5, 5.41) is 18.1. The maximum atomic E-state index is 12.2. The number of alkyl carbamates (subject to hydrolysis) is 1. The van der Waals surface area contributed by atoms with Gasteiger partial charge in [-0.25, -0.2) is 14.3 Å². The normalized spacial score (nSPS) is 28.2. The third-order valence-electron chi connectivity index (χ3n) is 6.56. The van der Waals surface area contributed by atoms with Crippen LogP contribution in [-0.2, 0) is 20.8 Å². The molecule has 3 aromatic rings. The molecule has 3 aliphatic carbocycles. The molecule has 11 nitrogen and oxygen atoms in total. The predicted molar refractivity (Wildman–Crippen MR) is 112 cm³/mol. The Hall–Kier alpha value is -3.18. The molecule has 1 amide bonds. The van der Waals surface area contributed by atoms with Crippen LogP contribution in [-0.4, -0.2) is 56.2 Å². The maximum absolute atomic E-state index is 12.2. The molecule has 11 heteroatoms. The van der Waals surface area contributed by atoms with Crippen LogP contribution in [0.4, 0.5) is 16.4 Å². The maximum Gasteiger partial charge on any atom is 0.407 e. The summed E-state index contributed by atoms with van der Waals surface area (Å²) in [6.07, 6.45) is 6.49. The molecule has 1 aliphatic heterocycles. The molecule has 3 aromatic heterocycles. The van der Waals surface area contributed by atoms with Crippen LogP contribution in [0.15, 0.2) is 24.5 Å². The van der Waals surface area contributed by atoms with E-state index in [-0.39, 0.29) is 23.8 Å². The molecule has 4 heterocycles. The van der Waals surface area contributed by atoms with E-state index in [2.05, 4.69) is 30.9 Å². The van der Waals surface area contributed by atoms with Crippen molar-refractivity contribution in [2.45, 2.75) is 50.0 Å². The Bertz CT molecular complexity index is 1140. The number of methoxy groups -OCH3 is 1. The summed E-state index contributed by atoms with van der Waals surface area (Å²) in [4.78, 5) is 16.6. The number of fused-ring (bicyclic) bond motifs is 1. The number of hydrogen-bond acceptors (Lipinski definition) is 8. The lowest BCUT2D eigenvalue weighted by Gasteiger charge is -2.61. The first-order chi connectivity index (χ1) is 15.6. The summed E-state index contributed by atoms with van der Waals surface area (Å²) in [7, 11) is 1.64. The van der Waals surface area contributed by atoms with Crippen molar-refractivity contribution in [2.24, 2.45) is 5.92 Å². The molecule has 0 unspecified atom stereocenters. The summed E-state index contributed by atoms with van der Waals surface area (Å²) < 4.78 is 18.3. The van der Waals surface area contributed by atoms with Gasteiger partial charge in [0.25, 0.3) is 0 Å². The van der Waals surface area contributed by atoms with Crippen LogP contribution in [0.5, 0.6) is 0 Å². The molecule has 2 bridgehead atoms. The second-order valence-corrected chi connectivity index (χ2v) is 8.98. The summed E-state index contributed by atoms with van der Waals surface area (Å²) in [6, 6.07) is 3.80. The van der Waals surface area contributed by atoms with Crippen LogP contribution < -0.4 is 10.6 Å². The lowest BCUT2D eigenvalue weighted by Crippen LogP contribution is -2.68. The molecule has 0 spiro atoms. The van der Waals surface area contributed by atoms with Crippen LogP contribution in [0.3, 0.4) is 0 Å². The minimum Gasteiger partial charge on any atom is -0.444 e. The Kier molecular flexibility index (Phi) is 4.54. The van der Waals surface area contributed by atoms with Gasteiger partial charge in [-0.1, -0.05) is 0 Å². The number of rotatable bonds is 7. The molecule has 4 fully saturated rings. The quantitative estimate of drug-likeness (QED) is 0.512. The summed E-state index contributed by atoms with van der Waals surface area (Å²) in [5.74, 6) is 2.06. The molecule has 3 saturated carbocycles. The van der Waals surface area contributed by atoms with Gasteiger partial charge in [0, 0.05) is 37.5 Å². The van der Waals surface area contributed by atoms with Gasteiger partial charge in [-0.3, -0.25) is 5.10 Å². The van der Waals surface area contributed by atoms with E-state index in [0.717, 1.165) is 42.1 Å². The zero-order valence-electron chi connectivity index (χ0n) is 17.7. The van der Waals surface area contributed by atoms with Crippen molar-refractivity contribution in [2.75, 3.05) is 19.0 Å². The van der Waals surface area contributed by atoms with Gasteiger partial charge in [-0.15, -0.1) is 0 Å². The van der Waals surface area contributed by atoms with Gasteiger partial charge < -0.3 is 24.8 Å². The molecule has 168 valence electrons. The Labute approximate surface area is 183 Å². The van der Waals surface area contributed by atoms with Gasteiger partial charge in [-0.05, 0) is 31.2 Å². The van der Waals surface area contributed by atoms with Gasteiger partial charge in [0.15, 0.2) is 11.6 Å². The van der Waals surface area contributed by atoms with Crippen LogP contribution >= 0.6 is 0 Å². The fourth-order valence-electron chi connectivity index (χ4n) is 4.90. The van der Waals surface area contributed by atoms with Crippen molar-refractivity contribution < 1.29 is 19.0 Å². The van der Waals surface area contributed by atoms with Gasteiger partial charge in [0.1, 0.15) is 17.7 Å². The van der Waals surface area contributed by atoms with Crippen LogP contribution in [0.25, 0.3) is 5.52 Å². The smallest absolute Gasteiger partial charge is 0.407 e. The van der Waals surface area contributed by atoms with Crippen LogP contribution in [0.1, 0.15) is 43.2 Å². The van der Waals surface area contributed by atoms with E-state index in [9.17, 15) is 4.79 Å². The number of aromatic amines is 1. The monoisotopic (exact) mass is 439 g/mol. The van der Waals surface area contributed by atoms with E-state index >= 15 is 0 Å². The number of aromatic nitrogens is 5. The number of carbonyl (C=O) groups excluding carboxylic acids is 1. The lowest BCUT2D eigenvalue weighted by molar-refractivity contribution is -0.0510. The highest BCUT2D eigenvalue weighted by atomic mass is 16.6. The Balaban J connectivity index is 1.08. The molecular weight excluding hydrogens is 414 g/mol. The first-order valence-electron chi connectivity index (χ1n) is 10.8. The van der Waals surface area contributed by atoms with Crippen molar-refractivity contribution in [1.29, 1.82) is 0 Å². The number of hydrogen-bond donors (Lipinski definition) is 3. The van der Waals surface area contributed by atoms with Crippen molar-refractivity contribution in [3.8, 4) is 0 Å². The van der Waals surface area contributed by atoms with Crippen molar-refractivity contribution >= 4 is 23.2 Å². The number of nitrogens with zero attached hydrogens (tertiary/aromatic N) is 4. The second-order valence-electron chi connectivity index (χ2n) is 8.98. The number of amides is 1. The highest BCUT2D eigenvalue weighted by Crippen LogP contribution is 2.56. The number of H-pyrrole nitrogens is 1. The Morgan fingerprint density at radius 1 is 1.38 bits per heavy atom. The highest BCUT2D eigenvalue weighted by Gasteiger charge is 2.57. The average molecular weight is 439 g/mol. The molecule has 7 rings (SSSR count). The minimum absolute atomic E-state index is 0.0152. The number of ether oxygens (including phenoxy) is 3. The van der Waals surface area contributed by atoms with Crippen molar-refractivity contribution in [3.63, 3.8) is 0 Å². The van der Waals surface area contributed by atoms with E-state index in [4.69, 9.17) is 14.2 Å². The molecule has 3 N–H and O–H groups in total. The average Bonchev–Trinajstić information content (AvgIpc) is 3.44. The zero-order valence-corrected chi connectivity index (χ0v) is 17.7. The molecule has 0 aromatic carbocycles. The Morgan fingerprint density at radius 2 is 2.25 bits per heavy atom. The van der Waals surface area contributed by atoms with E-state index in [1.807, 2.05) is 12.1 Å². The van der Waals surface area contributed by atoms with Gasteiger partial charge in [0.05, 0.1) is 24.6 Å². The molecular formula is C21H25N7O4. The lowest BCUT2D eigenvalue weighted by atomic mass is 9.50. The van der Waals surface area contributed by atoms with E-state index in [1.165, 1.54) is 0 Å². The highest BCUT2D eigenvalue weighted by molar-refractivity contribution is 5.72. The van der Waals surface area contributed by atoms with E-state index < -0.39 is 0 Å². The number of anilines is 2. The third kappa shape index (κ3) is 3.47. The Morgan fingerprint density at radius 3 is 3.03 bits per heavy atom. The summed E-state index contributed by atoms with van der Waals surface area (Å²) in [6.45, 7) is 0.796. The van der Waals surface area contributed by atoms with Crippen molar-refractivity contribution in [1.82, 2.24) is 30.1 Å². The van der Waals surface area contributed by atoms with Crippen LogP contribution in [0, 0.1) is 5.92 Å². The molecule has 32 heavy (non-hydrogen) atoms. The minimum atomic E-state index is -0.336. The largest absolute Gasteiger partial charge is 0.444 e. The summed E-state index contributed by atoms with van der Waals surface area (Å²) >= 11 is 0. The zero-order chi connectivity index (χ0) is 21.7. The number of carbonyl (C=O) groups is 1. The third-order valence-corrected chi connectivity index (χ3v) is 6.56. The molecule has 4 aliphatic rings. The van der Waals surface area contributed by atoms with Crippen LogP contribution in [0.2, 0.25) is 0 Å². The standard InChI is InChI=1S/C21H25N7O4/c1-30-10-13-4-16-19(22-2-3-28(16)27-13)23-18-6-15(25-26-18)17-5-14(11-31-17)32-20(29)24-21-7-12(8-21)9-21/h2-4,6,12,14,17H,5,7-11H2,1H3,(H,24,29)(H2,22,23,25,26)/t12?,14-,17-,21?/m1/s1. The van der Waals surface area contributed by atoms with Gasteiger partial charge in [-0.2, -0.15) is 10.2 Å². The van der Waals surface area contributed by atoms with Gasteiger partial charge in [0.2, 0.25) is 0 Å². The SMILES string of the molecule is COCc1cc2c(Nc3cc([C@H]4C[C@@H](OC(=O)NC56CC(C5)C6)CO4)[nH]n3)nccn2n1. The molecule has 0 radical (unpaired) electrons. The van der Waals surface area contributed by atoms with E-state index in [1.54, 1.807) is 24.0 Å². The fraction of sp³-hybridized carbons (Fsp3) is 0.524. The molecule has 1 saturated heterocycles. The second kappa shape index (κ2) is 7.45. The fourth-order valence-corrected chi connectivity index (χ4v) is 4.90. The number of nitrogens with one attached hydrogen (secondary N) is 3. The van der Waals surface area contributed by atoms with Gasteiger partial charge >= 0.3 is 6.09 Å². The van der Waals surface area contributed by atoms with Crippen molar-refractivity contribution in [3.05, 3.63) is 35.9 Å². The van der Waals surface area contributed by atoms with E-state index in [0.29, 0.717) is 31.3 Å². The molecule has 2 atom stereocenters. The first kappa shape index (κ1) is 19.5. The predicted octanol–water partition coefficient (Wildman–Crippen LogP) is 2.45.